The van der Waals surface area contributed by atoms with Gasteiger partial charge in [0.25, 0.3) is 0 Å². The average molecular weight is 427 g/mol. The summed E-state index contributed by atoms with van der Waals surface area (Å²) in [4.78, 5) is 24.9. The lowest BCUT2D eigenvalue weighted by atomic mass is 10.0. The Bertz CT molecular complexity index is 429. The highest BCUT2D eigenvalue weighted by Crippen LogP contribution is 2.10. The normalized spacial score (nSPS) is 13.3. The van der Waals surface area contributed by atoms with Crippen LogP contribution in [0.15, 0.2) is 0 Å². The van der Waals surface area contributed by atoms with Crippen molar-refractivity contribution in [3.05, 3.63) is 0 Å². The van der Waals surface area contributed by atoms with Gasteiger partial charge in [-0.05, 0) is 38.1 Å². The first-order valence-electron chi connectivity index (χ1n) is 12.5. The molecule has 0 rings (SSSR count). The minimum atomic E-state index is -0.582. The molecule has 0 radical (unpaired) electrons. The summed E-state index contributed by atoms with van der Waals surface area (Å²) in [6, 6.07) is -1.10. The third-order valence-corrected chi connectivity index (χ3v) is 5.48. The van der Waals surface area contributed by atoms with E-state index < -0.39 is 12.1 Å². The zero-order valence-electron chi connectivity index (χ0n) is 20.0. The quantitative estimate of drug-likeness (QED) is 0.220. The number of unbranched alkanes of at least 4 members (excludes halogenated alkanes) is 10. The molecule has 0 aliphatic heterocycles. The lowest BCUT2D eigenvalue weighted by Crippen LogP contribution is -2.52. The zero-order chi connectivity index (χ0) is 22.6. The first kappa shape index (κ1) is 28.9. The third kappa shape index (κ3) is 16.6. The van der Waals surface area contributed by atoms with E-state index in [0.29, 0.717) is 31.8 Å². The van der Waals surface area contributed by atoms with Gasteiger partial charge < -0.3 is 22.1 Å². The molecule has 0 saturated heterocycles. The summed E-state index contributed by atoms with van der Waals surface area (Å²) in [5, 5.41) is 5.86. The summed E-state index contributed by atoms with van der Waals surface area (Å²) in [5.41, 5.74) is 11.5. The van der Waals surface area contributed by atoms with Crippen molar-refractivity contribution in [1.82, 2.24) is 10.6 Å². The van der Waals surface area contributed by atoms with Gasteiger partial charge in [-0.2, -0.15) is 0 Å². The first-order chi connectivity index (χ1) is 14.4. The molecule has 0 aromatic rings. The second kappa shape index (κ2) is 19.8. The van der Waals surface area contributed by atoms with Crippen molar-refractivity contribution in [3.8, 4) is 0 Å². The molecule has 2 amide bonds. The maximum Gasteiger partial charge on any atom is 0.242 e. The molecule has 0 spiro atoms. The Hall–Kier alpha value is -1.14. The number of hydrogen-bond acceptors (Lipinski definition) is 4. The molecule has 0 bridgehead atoms. The van der Waals surface area contributed by atoms with Crippen LogP contribution in [0.25, 0.3) is 0 Å². The number of nitrogens with two attached hydrogens (primary N) is 2. The van der Waals surface area contributed by atoms with Gasteiger partial charge in [-0.3, -0.25) is 9.59 Å². The Balaban J connectivity index is 4.05. The monoisotopic (exact) mass is 426 g/mol. The van der Waals surface area contributed by atoms with E-state index in [1.807, 2.05) is 0 Å². The molecule has 0 saturated carbocycles. The summed E-state index contributed by atoms with van der Waals surface area (Å²) < 4.78 is 0. The number of hydrogen-bond donors (Lipinski definition) is 4. The zero-order valence-corrected chi connectivity index (χ0v) is 20.0. The summed E-state index contributed by atoms with van der Waals surface area (Å²) in [7, 11) is 0. The van der Waals surface area contributed by atoms with Crippen LogP contribution in [-0.4, -0.2) is 37.0 Å². The summed E-state index contributed by atoms with van der Waals surface area (Å²) in [6.45, 7) is 7.62. The molecule has 0 unspecified atom stereocenters. The smallest absolute Gasteiger partial charge is 0.242 e. The predicted molar refractivity (Wildman–Crippen MR) is 127 cm³/mol. The van der Waals surface area contributed by atoms with Crippen molar-refractivity contribution in [2.75, 3.05) is 13.1 Å². The summed E-state index contributed by atoms with van der Waals surface area (Å²) in [6.07, 6.45) is 15.6. The predicted octanol–water partition coefficient (Wildman–Crippen LogP) is 4.01. The van der Waals surface area contributed by atoms with Crippen LogP contribution in [0, 0.1) is 5.92 Å². The van der Waals surface area contributed by atoms with Gasteiger partial charge in [0.05, 0.1) is 6.04 Å². The fourth-order valence-electron chi connectivity index (χ4n) is 3.57. The Kier molecular flexibility index (Phi) is 19.0. The molecule has 6 N–H and O–H groups in total. The Morgan fingerprint density at radius 3 is 1.90 bits per heavy atom. The number of carbonyl (C=O) groups is 2. The van der Waals surface area contributed by atoms with E-state index in [2.05, 4.69) is 31.4 Å². The highest BCUT2D eigenvalue weighted by atomic mass is 16.2. The number of carbonyl (C=O) groups excluding carboxylic acids is 2. The average Bonchev–Trinajstić information content (AvgIpc) is 2.71. The van der Waals surface area contributed by atoms with Crippen LogP contribution in [0.2, 0.25) is 0 Å². The molecular weight excluding hydrogens is 376 g/mol. The standard InChI is InChI=1S/C24H50N4O2/c1-4-5-6-7-8-9-10-11-12-15-18-27-24(30)22(19-20(2)3)28-23(29)21(26)16-13-14-17-25/h20-22H,4-19,25-26H2,1-3H3,(H,27,30)(H,28,29)/t21-,22-/m0/s1. The highest BCUT2D eigenvalue weighted by molar-refractivity contribution is 5.89. The topological polar surface area (TPSA) is 110 Å². The van der Waals surface area contributed by atoms with E-state index in [1.165, 1.54) is 51.4 Å². The lowest BCUT2D eigenvalue weighted by Gasteiger charge is -2.22. The van der Waals surface area contributed by atoms with E-state index in [0.717, 1.165) is 25.7 Å². The van der Waals surface area contributed by atoms with E-state index >= 15 is 0 Å². The molecule has 0 fully saturated rings. The van der Waals surface area contributed by atoms with E-state index in [1.54, 1.807) is 0 Å². The SMILES string of the molecule is CCCCCCCCCCCCNC(=O)[C@H](CC(C)C)NC(=O)[C@@H](N)CCCCN. The van der Waals surface area contributed by atoms with Gasteiger partial charge in [-0.25, -0.2) is 0 Å². The van der Waals surface area contributed by atoms with Crippen molar-refractivity contribution in [1.29, 1.82) is 0 Å². The molecule has 6 nitrogen and oxygen atoms in total. The molecule has 0 aliphatic rings. The van der Waals surface area contributed by atoms with Gasteiger partial charge in [0.15, 0.2) is 0 Å². The van der Waals surface area contributed by atoms with Gasteiger partial charge in [0.2, 0.25) is 11.8 Å². The molecule has 0 aromatic carbocycles. The Morgan fingerprint density at radius 1 is 0.800 bits per heavy atom. The van der Waals surface area contributed by atoms with Gasteiger partial charge in [-0.1, -0.05) is 85.0 Å². The van der Waals surface area contributed by atoms with Gasteiger partial charge in [0.1, 0.15) is 6.04 Å². The minimum Gasteiger partial charge on any atom is -0.354 e. The molecule has 0 aliphatic carbocycles. The molecule has 2 atom stereocenters. The number of rotatable bonds is 20. The van der Waals surface area contributed by atoms with Crippen molar-refractivity contribution < 1.29 is 9.59 Å². The molecule has 0 heterocycles. The molecule has 0 aromatic heterocycles. The van der Waals surface area contributed by atoms with Crippen LogP contribution < -0.4 is 22.1 Å². The Labute approximate surface area is 185 Å². The molecular formula is C24H50N4O2. The van der Waals surface area contributed by atoms with Crippen molar-refractivity contribution in [2.45, 2.75) is 123 Å². The Morgan fingerprint density at radius 2 is 1.37 bits per heavy atom. The van der Waals surface area contributed by atoms with Crippen LogP contribution in [0.1, 0.15) is 111 Å². The minimum absolute atomic E-state index is 0.0952. The summed E-state index contributed by atoms with van der Waals surface area (Å²) in [5.74, 6) is -0.0271. The summed E-state index contributed by atoms with van der Waals surface area (Å²) >= 11 is 0. The van der Waals surface area contributed by atoms with Crippen molar-refractivity contribution >= 4 is 11.8 Å². The third-order valence-electron chi connectivity index (χ3n) is 5.48. The molecule has 178 valence electrons. The van der Waals surface area contributed by atoms with Gasteiger partial charge >= 0.3 is 0 Å². The van der Waals surface area contributed by atoms with Crippen LogP contribution in [0.5, 0.6) is 0 Å². The van der Waals surface area contributed by atoms with Crippen LogP contribution in [0.3, 0.4) is 0 Å². The van der Waals surface area contributed by atoms with Crippen LogP contribution >= 0.6 is 0 Å². The van der Waals surface area contributed by atoms with Crippen molar-refractivity contribution in [2.24, 2.45) is 17.4 Å². The molecule has 30 heavy (non-hydrogen) atoms. The lowest BCUT2D eigenvalue weighted by molar-refractivity contribution is -0.130. The van der Waals surface area contributed by atoms with E-state index in [9.17, 15) is 9.59 Å². The van der Waals surface area contributed by atoms with Gasteiger partial charge in [-0.15, -0.1) is 0 Å². The van der Waals surface area contributed by atoms with Gasteiger partial charge in [0, 0.05) is 6.54 Å². The maximum atomic E-state index is 12.6. The van der Waals surface area contributed by atoms with E-state index in [-0.39, 0.29) is 11.8 Å². The molecule has 6 heteroatoms. The largest absolute Gasteiger partial charge is 0.354 e. The highest BCUT2D eigenvalue weighted by Gasteiger charge is 2.24. The number of nitrogens with one attached hydrogen (secondary N) is 2. The fraction of sp³-hybridized carbons (Fsp3) is 0.917. The van der Waals surface area contributed by atoms with Crippen LogP contribution in [0.4, 0.5) is 0 Å². The van der Waals surface area contributed by atoms with Crippen molar-refractivity contribution in [3.63, 3.8) is 0 Å². The van der Waals surface area contributed by atoms with E-state index in [4.69, 9.17) is 11.5 Å². The fourth-order valence-corrected chi connectivity index (χ4v) is 3.57. The second-order valence-electron chi connectivity index (χ2n) is 9.05. The first-order valence-corrected chi connectivity index (χ1v) is 12.5. The van der Waals surface area contributed by atoms with Crippen LogP contribution in [-0.2, 0) is 9.59 Å². The maximum absolute atomic E-state index is 12.6. The number of amides is 2. The second-order valence-corrected chi connectivity index (χ2v) is 9.05.